The van der Waals surface area contributed by atoms with E-state index in [0.29, 0.717) is 6.54 Å². The van der Waals surface area contributed by atoms with Gasteiger partial charge in [-0.2, -0.15) is 0 Å². The molecule has 1 amide bonds. The second-order valence-electron chi connectivity index (χ2n) is 4.26. The fourth-order valence-corrected chi connectivity index (χ4v) is 2.12. The van der Waals surface area contributed by atoms with Gasteiger partial charge in [-0.25, -0.2) is 13.1 Å². The van der Waals surface area contributed by atoms with Crippen LogP contribution in [0.2, 0.25) is 0 Å². The molecule has 1 unspecified atom stereocenters. The molecule has 0 aromatic rings. The minimum atomic E-state index is -3.26. The number of hydrogen-bond acceptors (Lipinski definition) is 4. The first kappa shape index (κ1) is 14.3. The van der Waals surface area contributed by atoms with Gasteiger partial charge in [0, 0.05) is 12.1 Å². The lowest BCUT2D eigenvalue weighted by Crippen LogP contribution is -2.53. The second kappa shape index (κ2) is 4.91. The van der Waals surface area contributed by atoms with Gasteiger partial charge >= 0.3 is 0 Å². The summed E-state index contributed by atoms with van der Waals surface area (Å²) in [6.07, 6.45) is 1.09. The van der Waals surface area contributed by atoms with E-state index in [1.54, 1.807) is 20.8 Å². The molecule has 0 saturated heterocycles. The lowest BCUT2D eigenvalue weighted by atomic mass is 10.1. The van der Waals surface area contributed by atoms with E-state index in [1.807, 2.05) is 0 Å². The highest BCUT2D eigenvalue weighted by molar-refractivity contribution is 7.88. The molecule has 0 aliphatic carbocycles. The van der Waals surface area contributed by atoms with Gasteiger partial charge < -0.3 is 11.1 Å². The average Bonchev–Trinajstić information content (AvgIpc) is 1.95. The quantitative estimate of drug-likeness (QED) is 0.539. The Morgan fingerprint density at radius 1 is 1.47 bits per heavy atom. The largest absolute Gasteiger partial charge is 0.368 e. The summed E-state index contributed by atoms with van der Waals surface area (Å²) in [5.74, 6) is -0.467. The van der Waals surface area contributed by atoms with E-state index in [-0.39, 0.29) is 0 Å². The molecule has 0 rings (SSSR count). The van der Waals surface area contributed by atoms with E-state index in [4.69, 9.17) is 5.73 Å². The second-order valence-corrected chi connectivity index (χ2v) is 6.01. The van der Waals surface area contributed by atoms with Crippen LogP contribution in [0, 0.1) is 0 Å². The number of nitrogens with two attached hydrogens (primary N) is 1. The van der Waals surface area contributed by atoms with E-state index < -0.39 is 27.5 Å². The van der Waals surface area contributed by atoms with Crippen LogP contribution in [0.4, 0.5) is 0 Å². The number of sulfonamides is 1. The van der Waals surface area contributed by atoms with Crippen molar-refractivity contribution in [2.45, 2.75) is 32.4 Å². The molecule has 4 N–H and O–H groups in total. The third-order valence-electron chi connectivity index (χ3n) is 1.74. The molecule has 1 atom stereocenters. The zero-order valence-corrected chi connectivity index (χ0v) is 10.3. The van der Waals surface area contributed by atoms with Gasteiger partial charge in [0.05, 0.1) is 12.3 Å². The highest BCUT2D eigenvalue weighted by atomic mass is 32.2. The Balaban J connectivity index is 4.22. The standard InChI is InChI=1S/C8H19N3O3S/c1-6(7(9)12)10-5-8(2,3)11-15(4,13)14/h6,10-11H,5H2,1-4H3,(H2,9,12). The van der Waals surface area contributed by atoms with Gasteiger partial charge in [0.15, 0.2) is 0 Å². The maximum atomic E-state index is 11.0. The van der Waals surface area contributed by atoms with Crippen LogP contribution in [0.3, 0.4) is 0 Å². The lowest BCUT2D eigenvalue weighted by molar-refractivity contribution is -0.119. The molecule has 0 saturated carbocycles. The minimum absolute atomic E-state index is 0.324. The van der Waals surface area contributed by atoms with Crippen molar-refractivity contribution in [1.29, 1.82) is 0 Å². The van der Waals surface area contributed by atoms with Crippen LogP contribution in [0.1, 0.15) is 20.8 Å². The summed E-state index contributed by atoms with van der Waals surface area (Å²) in [5, 5.41) is 2.84. The molecule has 90 valence electrons. The molecule has 6 nitrogen and oxygen atoms in total. The smallest absolute Gasteiger partial charge is 0.234 e. The summed E-state index contributed by atoms with van der Waals surface area (Å²) in [5.41, 5.74) is 4.40. The Bertz CT molecular complexity index is 324. The van der Waals surface area contributed by atoms with Crippen molar-refractivity contribution in [2.24, 2.45) is 5.73 Å². The maximum absolute atomic E-state index is 11.0. The zero-order chi connectivity index (χ0) is 12.3. The topological polar surface area (TPSA) is 101 Å². The summed E-state index contributed by atoms with van der Waals surface area (Å²) in [6.45, 7) is 5.38. The van der Waals surface area contributed by atoms with Crippen LogP contribution < -0.4 is 15.8 Å². The molecule has 0 aromatic carbocycles. The third kappa shape index (κ3) is 7.29. The first-order valence-corrected chi connectivity index (χ1v) is 6.44. The molecular weight excluding hydrogens is 218 g/mol. The molecule has 0 aliphatic rings. The van der Waals surface area contributed by atoms with E-state index in [1.165, 1.54) is 0 Å². The van der Waals surface area contributed by atoms with Gasteiger partial charge in [0.1, 0.15) is 0 Å². The molecule has 0 bridgehead atoms. The summed E-state index contributed by atoms with van der Waals surface area (Å²) >= 11 is 0. The normalized spacial score (nSPS) is 14.9. The number of primary amides is 1. The van der Waals surface area contributed by atoms with Gasteiger partial charge in [0.2, 0.25) is 15.9 Å². The Hall–Kier alpha value is -0.660. The van der Waals surface area contributed by atoms with Crippen LogP contribution in [0.5, 0.6) is 0 Å². The van der Waals surface area contributed by atoms with Crippen LogP contribution in [0.15, 0.2) is 0 Å². The van der Waals surface area contributed by atoms with Gasteiger partial charge in [-0.1, -0.05) is 0 Å². The molecule has 0 heterocycles. The Labute approximate surface area is 90.7 Å². The summed E-state index contributed by atoms with van der Waals surface area (Å²) < 4.78 is 24.4. The van der Waals surface area contributed by atoms with Crippen LogP contribution in [-0.2, 0) is 14.8 Å². The molecule has 0 aromatic heterocycles. The fraction of sp³-hybridized carbons (Fsp3) is 0.875. The van der Waals surface area contributed by atoms with E-state index in [0.717, 1.165) is 6.26 Å². The van der Waals surface area contributed by atoms with Gasteiger partial charge in [-0.3, -0.25) is 4.79 Å². The van der Waals surface area contributed by atoms with Crippen molar-refractivity contribution in [1.82, 2.24) is 10.0 Å². The Kier molecular flexibility index (Phi) is 4.69. The fourth-order valence-electron chi connectivity index (χ4n) is 1.05. The van der Waals surface area contributed by atoms with Crippen LogP contribution >= 0.6 is 0 Å². The van der Waals surface area contributed by atoms with Crippen LogP contribution in [0.25, 0.3) is 0 Å². The van der Waals surface area contributed by atoms with E-state index in [9.17, 15) is 13.2 Å². The van der Waals surface area contributed by atoms with Gasteiger partial charge in [0.25, 0.3) is 0 Å². The third-order valence-corrected chi connectivity index (χ3v) is 2.66. The number of rotatable bonds is 6. The lowest BCUT2D eigenvalue weighted by Gasteiger charge is -2.26. The van der Waals surface area contributed by atoms with E-state index in [2.05, 4.69) is 10.0 Å². The van der Waals surface area contributed by atoms with Crippen molar-refractivity contribution in [2.75, 3.05) is 12.8 Å². The summed E-state index contributed by atoms with van der Waals surface area (Å²) in [4.78, 5) is 10.7. The van der Waals surface area contributed by atoms with E-state index >= 15 is 0 Å². The average molecular weight is 237 g/mol. The Morgan fingerprint density at radius 3 is 2.27 bits per heavy atom. The van der Waals surface area contributed by atoms with Crippen molar-refractivity contribution < 1.29 is 13.2 Å². The highest BCUT2D eigenvalue weighted by Crippen LogP contribution is 2.02. The van der Waals surface area contributed by atoms with Crippen molar-refractivity contribution >= 4 is 15.9 Å². The number of amides is 1. The van der Waals surface area contributed by atoms with Gasteiger partial charge in [-0.15, -0.1) is 0 Å². The molecule has 15 heavy (non-hydrogen) atoms. The molecule has 0 fully saturated rings. The van der Waals surface area contributed by atoms with Gasteiger partial charge in [-0.05, 0) is 20.8 Å². The number of hydrogen-bond donors (Lipinski definition) is 3. The monoisotopic (exact) mass is 237 g/mol. The minimum Gasteiger partial charge on any atom is -0.368 e. The summed E-state index contributed by atoms with van der Waals surface area (Å²) in [7, 11) is -3.26. The van der Waals surface area contributed by atoms with Crippen molar-refractivity contribution in [3.05, 3.63) is 0 Å². The highest BCUT2D eigenvalue weighted by Gasteiger charge is 2.23. The maximum Gasteiger partial charge on any atom is 0.234 e. The molecule has 0 aliphatic heterocycles. The number of carbonyl (C=O) groups is 1. The zero-order valence-electron chi connectivity index (χ0n) is 9.49. The van der Waals surface area contributed by atoms with Crippen LogP contribution in [-0.4, -0.2) is 38.7 Å². The SMILES string of the molecule is CC(NCC(C)(C)NS(C)(=O)=O)C(N)=O. The number of carbonyl (C=O) groups excluding carboxylic acids is 1. The van der Waals surface area contributed by atoms with Crippen molar-refractivity contribution in [3.8, 4) is 0 Å². The number of nitrogens with one attached hydrogen (secondary N) is 2. The summed E-state index contributed by atoms with van der Waals surface area (Å²) in [6, 6.07) is -0.481. The predicted molar refractivity (Wildman–Crippen MR) is 58.7 cm³/mol. The first-order chi connectivity index (χ1) is 6.53. The first-order valence-electron chi connectivity index (χ1n) is 4.55. The van der Waals surface area contributed by atoms with Crippen molar-refractivity contribution in [3.63, 3.8) is 0 Å². The predicted octanol–water partition coefficient (Wildman–Crippen LogP) is -1.22. The molecular formula is C8H19N3O3S. The Morgan fingerprint density at radius 2 is 1.93 bits per heavy atom. The molecule has 0 spiro atoms. The molecule has 7 heteroatoms. The molecule has 0 radical (unpaired) electrons.